The molecule has 1 aromatic carbocycles. The van der Waals surface area contributed by atoms with Crippen LogP contribution >= 0.6 is 0 Å². The van der Waals surface area contributed by atoms with Gasteiger partial charge in [-0.3, -0.25) is 4.79 Å². The monoisotopic (exact) mass is 250 g/mol. The summed E-state index contributed by atoms with van der Waals surface area (Å²) in [5, 5.41) is 0. The number of halogens is 1. The molecule has 1 aliphatic carbocycles. The maximum Gasteiger partial charge on any atom is 0.242 e. The Morgan fingerprint density at radius 2 is 2.06 bits per heavy atom. The molecule has 0 unspecified atom stereocenters. The third kappa shape index (κ3) is 2.88. The highest BCUT2D eigenvalue weighted by Crippen LogP contribution is 2.30. The van der Waals surface area contributed by atoms with Crippen molar-refractivity contribution in [3.05, 3.63) is 35.6 Å². The van der Waals surface area contributed by atoms with Gasteiger partial charge in [0.1, 0.15) is 5.82 Å². The quantitative estimate of drug-likeness (QED) is 0.889. The van der Waals surface area contributed by atoms with Crippen LogP contribution in [0.4, 0.5) is 4.39 Å². The summed E-state index contributed by atoms with van der Waals surface area (Å²) in [5.74, 6) is -0.390. The van der Waals surface area contributed by atoms with E-state index < -0.39 is 5.54 Å². The molecule has 98 valence electrons. The van der Waals surface area contributed by atoms with Crippen molar-refractivity contribution >= 4 is 5.91 Å². The highest BCUT2D eigenvalue weighted by atomic mass is 19.1. The van der Waals surface area contributed by atoms with E-state index >= 15 is 0 Å². The molecule has 3 nitrogen and oxygen atoms in total. The van der Waals surface area contributed by atoms with Gasteiger partial charge < -0.3 is 10.6 Å². The second kappa shape index (κ2) is 4.69. The van der Waals surface area contributed by atoms with Crippen molar-refractivity contribution in [2.45, 2.75) is 44.8 Å². The van der Waals surface area contributed by atoms with Crippen LogP contribution in [0, 0.1) is 5.82 Å². The number of amides is 1. The molecule has 1 aromatic rings. The minimum absolute atomic E-state index is 0.117. The molecule has 0 spiro atoms. The number of carbonyl (C=O) groups is 1. The topological polar surface area (TPSA) is 46.3 Å². The minimum Gasteiger partial charge on any atom is -0.334 e. The molecule has 1 saturated carbocycles. The van der Waals surface area contributed by atoms with Gasteiger partial charge in [0, 0.05) is 18.2 Å². The summed E-state index contributed by atoms with van der Waals surface area (Å²) in [6, 6.07) is 6.77. The van der Waals surface area contributed by atoms with E-state index in [1.807, 2.05) is 0 Å². The van der Waals surface area contributed by atoms with Crippen molar-refractivity contribution in [3.8, 4) is 0 Å². The van der Waals surface area contributed by atoms with E-state index in [1.165, 1.54) is 6.07 Å². The van der Waals surface area contributed by atoms with Crippen molar-refractivity contribution in [2.75, 3.05) is 0 Å². The Balaban J connectivity index is 2.17. The summed E-state index contributed by atoms with van der Waals surface area (Å²) < 4.78 is 13.6. The Bertz CT molecular complexity index is 449. The van der Waals surface area contributed by atoms with E-state index in [0.29, 0.717) is 12.1 Å². The van der Waals surface area contributed by atoms with E-state index in [4.69, 9.17) is 5.73 Å². The number of nitrogens with two attached hydrogens (primary N) is 1. The zero-order valence-corrected chi connectivity index (χ0v) is 10.8. The summed E-state index contributed by atoms with van der Waals surface area (Å²) >= 11 is 0. The van der Waals surface area contributed by atoms with Crippen molar-refractivity contribution in [1.82, 2.24) is 4.90 Å². The Hall–Kier alpha value is -1.42. The van der Waals surface area contributed by atoms with Crippen molar-refractivity contribution in [3.63, 3.8) is 0 Å². The molecule has 0 atom stereocenters. The molecule has 4 heteroatoms. The van der Waals surface area contributed by atoms with E-state index in [0.717, 1.165) is 12.8 Å². The SMILES string of the molecule is CC(C)(N)C(=O)N(Cc1ccccc1F)C1CC1. The average molecular weight is 250 g/mol. The molecule has 0 saturated heterocycles. The first-order chi connectivity index (χ1) is 8.39. The Morgan fingerprint density at radius 3 is 2.56 bits per heavy atom. The fourth-order valence-electron chi connectivity index (χ4n) is 1.93. The summed E-state index contributed by atoms with van der Waals surface area (Å²) in [4.78, 5) is 13.9. The molecule has 1 amide bonds. The lowest BCUT2D eigenvalue weighted by Crippen LogP contribution is -2.51. The van der Waals surface area contributed by atoms with Gasteiger partial charge in [-0.15, -0.1) is 0 Å². The zero-order valence-electron chi connectivity index (χ0n) is 10.8. The van der Waals surface area contributed by atoms with Crippen LogP contribution < -0.4 is 5.73 Å². The Kier molecular flexibility index (Phi) is 3.39. The van der Waals surface area contributed by atoms with Crippen LogP contribution in [0.15, 0.2) is 24.3 Å². The van der Waals surface area contributed by atoms with Crippen molar-refractivity contribution in [2.24, 2.45) is 5.73 Å². The van der Waals surface area contributed by atoms with Gasteiger partial charge in [-0.25, -0.2) is 4.39 Å². The molecule has 1 fully saturated rings. The molecular formula is C14H19FN2O. The second-order valence-corrected chi connectivity index (χ2v) is 5.48. The maximum absolute atomic E-state index is 13.6. The molecular weight excluding hydrogens is 231 g/mol. The molecule has 0 bridgehead atoms. The van der Waals surface area contributed by atoms with Crippen LogP contribution in [0.25, 0.3) is 0 Å². The first-order valence-electron chi connectivity index (χ1n) is 6.23. The van der Waals surface area contributed by atoms with Crippen molar-refractivity contribution in [1.29, 1.82) is 0 Å². The van der Waals surface area contributed by atoms with Crippen LogP contribution in [-0.2, 0) is 11.3 Å². The molecule has 0 heterocycles. The van der Waals surface area contributed by atoms with Gasteiger partial charge in [0.05, 0.1) is 5.54 Å². The van der Waals surface area contributed by atoms with E-state index in [2.05, 4.69) is 0 Å². The van der Waals surface area contributed by atoms with E-state index in [1.54, 1.807) is 36.9 Å². The predicted molar refractivity (Wildman–Crippen MR) is 68.2 cm³/mol. The molecule has 2 N–H and O–H groups in total. The molecule has 0 aliphatic heterocycles. The van der Waals surface area contributed by atoms with Crippen LogP contribution in [0.5, 0.6) is 0 Å². The maximum atomic E-state index is 13.6. The van der Waals surface area contributed by atoms with Crippen LogP contribution in [0.1, 0.15) is 32.3 Å². The molecule has 2 rings (SSSR count). The highest BCUT2D eigenvalue weighted by Gasteiger charge is 2.37. The molecule has 0 aromatic heterocycles. The number of nitrogens with zero attached hydrogens (tertiary/aromatic N) is 1. The smallest absolute Gasteiger partial charge is 0.242 e. The summed E-state index contributed by atoms with van der Waals surface area (Å²) in [7, 11) is 0. The second-order valence-electron chi connectivity index (χ2n) is 5.48. The zero-order chi connectivity index (χ0) is 13.3. The fourth-order valence-corrected chi connectivity index (χ4v) is 1.93. The van der Waals surface area contributed by atoms with Gasteiger partial charge in [-0.2, -0.15) is 0 Å². The number of rotatable bonds is 4. The standard InChI is InChI=1S/C14H19FN2O/c1-14(2,16)13(18)17(11-7-8-11)9-10-5-3-4-6-12(10)15/h3-6,11H,7-9,16H2,1-2H3. The average Bonchev–Trinajstić information content (AvgIpc) is 3.10. The van der Waals surface area contributed by atoms with Crippen LogP contribution in [-0.4, -0.2) is 22.4 Å². The highest BCUT2D eigenvalue weighted by molar-refractivity contribution is 5.85. The number of hydrogen-bond donors (Lipinski definition) is 1. The van der Waals surface area contributed by atoms with E-state index in [-0.39, 0.29) is 17.8 Å². The molecule has 18 heavy (non-hydrogen) atoms. The van der Waals surface area contributed by atoms with Crippen LogP contribution in [0.2, 0.25) is 0 Å². The summed E-state index contributed by atoms with van der Waals surface area (Å²) in [6.07, 6.45) is 1.96. The minimum atomic E-state index is -0.909. The number of carbonyl (C=O) groups excluding carboxylic acids is 1. The van der Waals surface area contributed by atoms with Gasteiger partial charge in [0.2, 0.25) is 5.91 Å². The molecule has 1 aliphatic rings. The lowest BCUT2D eigenvalue weighted by atomic mass is 10.0. The Labute approximate surface area is 107 Å². The van der Waals surface area contributed by atoms with Gasteiger partial charge >= 0.3 is 0 Å². The predicted octanol–water partition coefficient (Wildman–Crippen LogP) is 2.05. The largest absolute Gasteiger partial charge is 0.334 e. The van der Waals surface area contributed by atoms with Gasteiger partial charge in [0.25, 0.3) is 0 Å². The third-order valence-electron chi connectivity index (χ3n) is 3.10. The molecule has 0 radical (unpaired) electrons. The Morgan fingerprint density at radius 1 is 1.44 bits per heavy atom. The van der Waals surface area contributed by atoms with Gasteiger partial charge in [-0.05, 0) is 32.8 Å². The lowest BCUT2D eigenvalue weighted by molar-refractivity contribution is -0.137. The van der Waals surface area contributed by atoms with Gasteiger partial charge in [-0.1, -0.05) is 18.2 Å². The number of hydrogen-bond acceptors (Lipinski definition) is 2. The third-order valence-corrected chi connectivity index (χ3v) is 3.10. The summed E-state index contributed by atoms with van der Waals surface area (Å²) in [5.41, 5.74) is 5.49. The van der Waals surface area contributed by atoms with Gasteiger partial charge in [0.15, 0.2) is 0 Å². The fraction of sp³-hybridized carbons (Fsp3) is 0.500. The van der Waals surface area contributed by atoms with Crippen LogP contribution in [0.3, 0.4) is 0 Å². The first kappa shape index (κ1) is 13.0. The number of benzene rings is 1. The normalized spacial score (nSPS) is 15.6. The summed E-state index contributed by atoms with van der Waals surface area (Å²) in [6.45, 7) is 3.68. The lowest BCUT2D eigenvalue weighted by Gasteiger charge is -2.29. The first-order valence-corrected chi connectivity index (χ1v) is 6.23. The van der Waals surface area contributed by atoms with Crippen molar-refractivity contribution < 1.29 is 9.18 Å². The van der Waals surface area contributed by atoms with E-state index in [9.17, 15) is 9.18 Å².